The van der Waals surface area contributed by atoms with Crippen molar-refractivity contribution in [3.05, 3.63) is 18.2 Å². The van der Waals surface area contributed by atoms with Gasteiger partial charge in [-0.25, -0.2) is 4.68 Å². The van der Waals surface area contributed by atoms with E-state index in [0.717, 1.165) is 31.6 Å². The molecule has 2 aromatic rings. The number of hydrogen-bond acceptors (Lipinski definition) is 6. The Morgan fingerprint density at radius 3 is 2.90 bits per heavy atom. The average molecular weight is 275 g/mol. The molecule has 0 amide bonds. The minimum absolute atomic E-state index is 0.250. The number of methoxy groups -OCH3 is 1. The maximum atomic E-state index is 5.86. The van der Waals surface area contributed by atoms with E-state index in [9.17, 15) is 0 Å². The molecule has 1 fully saturated rings. The molecule has 0 unspecified atom stereocenters. The summed E-state index contributed by atoms with van der Waals surface area (Å²) in [6, 6.07) is 5.71. The van der Waals surface area contributed by atoms with E-state index in [0.29, 0.717) is 17.3 Å². The summed E-state index contributed by atoms with van der Waals surface area (Å²) in [5.41, 5.74) is 7.33. The van der Waals surface area contributed by atoms with E-state index in [2.05, 4.69) is 15.5 Å². The predicted molar refractivity (Wildman–Crippen MR) is 73.3 cm³/mol. The van der Waals surface area contributed by atoms with Gasteiger partial charge >= 0.3 is 0 Å². The monoisotopic (exact) mass is 275 g/mol. The zero-order valence-corrected chi connectivity index (χ0v) is 11.3. The second-order valence-electron chi connectivity index (χ2n) is 4.75. The van der Waals surface area contributed by atoms with Crippen LogP contribution in [0, 0.1) is 0 Å². The van der Waals surface area contributed by atoms with Crippen LogP contribution in [0.2, 0.25) is 0 Å². The second kappa shape index (κ2) is 5.46. The Labute approximate surface area is 116 Å². The Balaban J connectivity index is 2.02. The topological polar surface area (TPSA) is 88.1 Å². The number of nitrogens with zero attached hydrogens (tertiary/aromatic N) is 4. The van der Waals surface area contributed by atoms with Crippen molar-refractivity contribution in [1.29, 1.82) is 0 Å². The molecule has 0 spiro atoms. The molecule has 0 bridgehead atoms. The number of ether oxygens (including phenoxy) is 2. The Morgan fingerprint density at radius 1 is 1.35 bits per heavy atom. The van der Waals surface area contributed by atoms with Gasteiger partial charge in [0.2, 0.25) is 0 Å². The summed E-state index contributed by atoms with van der Waals surface area (Å²) in [4.78, 5) is 0. The summed E-state index contributed by atoms with van der Waals surface area (Å²) in [5.74, 6) is 1.39. The van der Waals surface area contributed by atoms with Gasteiger partial charge in [-0.2, -0.15) is 0 Å². The molecule has 1 aliphatic heterocycles. The van der Waals surface area contributed by atoms with Gasteiger partial charge in [-0.3, -0.25) is 0 Å². The lowest BCUT2D eigenvalue weighted by atomic mass is 10.1. The lowest BCUT2D eigenvalue weighted by Crippen LogP contribution is -2.21. The lowest BCUT2D eigenvalue weighted by Gasteiger charge is -2.23. The fourth-order valence-corrected chi connectivity index (χ4v) is 2.45. The van der Waals surface area contributed by atoms with Gasteiger partial charge in [0, 0.05) is 18.9 Å². The first-order chi connectivity index (χ1) is 9.79. The highest BCUT2D eigenvalue weighted by Gasteiger charge is 2.23. The van der Waals surface area contributed by atoms with E-state index in [1.165, 1.54) is 0 Å². The molecule has 0 saturated carbocycles. The molecule has 7 nitrogen and oxygen atoms in total. The number of nitrogen functional groups attached to an aromatic ring is 1. The summed E-state index contributed by atoms with van der Waals surface area (Å²) in [7, 11) is 1.62. The van der Waals surface area contributed by atoms with Gasteiger partial charge in [0.05, 0.1) is 18.7 Å². The van der Waals surface area contributed by atoms with Crippen molar-refractivity contribution in [3.63, 3.8) is 0 Å². The Morgan fingerprint density at radius 2 is 2.15 bits per heavy atom. The van der Waals surface area contributed by atoms with Crippen LogP contribution < -0.4 is 10.5 Å². The Hall–Kier alpha value is -2.15. The molecular formula is C13H17N5O2. The molecule has 0 aliphatic carbocycles. The largest absolute Gasteiger partial charge is 0.496 e. The van der Waals surface area contributed by atoms with E-state index in [1.54, 1.807) is 13.2 Å². The smallest absolute Gasteiger partial charge is 0.186 e. The van der Waals surface area contributed by atoms with Gasteiger partial charge in [-0.05, 0) is 41.5 Å². The molecule has 1 saturated heterocycles. The van der Waals surface area contributed by atoms with Gasteiger partial charge < -0.3 is 15.2 Å². The zero-order valence-electron chi connectivity index (χ0n) is 11.3. The van der Waals surface area contributed by atoms with Crippen LogP contribution in [0.15, 0.2) is 18.2 Å². The highest BCUT2D eigenvalue weighted by Crippen LogP contribution is 2.32. The Bertz CT molecular complexity index is 592. The molecule has 20 heavy (non-hydrogen) atoms. The molecule has 2 N–H and O–H groups in total. The number of benzene rings is 1. The van der Waals surface area contributed by atoms with Crippen molar-refractivity contribution in [2.24, 2.45) is 0 Å². The summed E-state index contributed by atoms with van der Waals surface area (Å²) in [6.07, 6.45) is 1.81. The van der Waals surface area contributed by atoms with Crippen LogP contribution in [0.1, 0.15) is 18.9 Å². The molecule has 0 radical (unpaired) electrons. The van der Waals surface area contributed by atoms with Crippen LogP contribution in [-0.4, -0.2) is 40.5 Å². The lowest BCUT2D eigenvalue weighted by molar-refractivity contribution is 0.0662. The van der Waals surface area contributed by atoms with Gasteiger partial charge in [0.25, 0.3) is 0 Å². The van der Waals surface area contributed by atoms with Crippen LogP contribution >= 0.6 is 0 Å². The maximum Gasteiger partial charge on any atom is 0.186 e. The molecule has 0 atom stereocenters. The summed E-state index contributed by atoms with van der Waals surface area (Å²) < 4.78 is 12.6. The van der Waals surface area contributed by atoms with Gasteiger partial charge in [0.1, 0.15) is 5.75 Å². The van der Waals surface area contributed by atoms with E-state index in [-0.39, 0.29) is 6.04 Å². The average Bonchev–Trinajstić information content (AvgIpc) is 2.97. The predicted octanol–water partition coefficient (Wildman–Crippen LogP) is 1.28. The van der Waals surface area contributed by atoms with Crippen molar-refractivity contribution < 1.29 is 9.47 Å². The van der Waals surface area contributed by atoms with Gasteiger partial charge in [0.15, 0.2) is 5.82 Å². The molecule has 2 heterocycles. The number of rotatable bonds is 3. The SMILES string of the molecule is COc1ccc(N)cc1-c1nnnn1C1CCOCC1. The highest BCUT2D eigenvalue weighted by atomic mass is 16.5. The normalized spacial score (nSPS) is 16.2. The molecule has 7 heteroatoms. The standard InChI is InChI=1S/C13H17N5O2/c1-19-12-3-2-9(14)8-11(12)13-15-16-17-18(13)10-4-6-20-7-5-10/h2-3,8,10H,4-7,14H2,1H3. The first-order valence-corrected chi connectivity index (χ1v) is 6.59. The van der Waals surface area contributed by atoms with Crippen LogP contribution in [-0.2, 0) is 4.74 Å². The third kappa shape index (κ3) is 2.32. The van der Waals surface area contributed by atoms with Crippen molar-refractivity contribution >= 4 is 5.69 Å². The fourth-order valence-electron chi connectivity index (χ4n) is 2.45. The van der Waals surface area contributed by atoms with Crippen LogP contribution in [0.25, 0.3) is 11.4 Å². The molecule has 1 aromatic heterocycles. The zero-order chi connectivity index (χ0) is 13.9. The van der Waals surface area contributed by atoms with Gasteiger partial charge in [-0.15, -0.1) is 5.10 Å². The minimum Gasteiger partial charge on any atom is -0.496 e. The molecule has 106 valence electrons. The van der Waals surface area contributed by atoms with Crippen molar-refractivity contribution in [3.8, 4) is 17.1 Å². The number of aromatic nitrogens is 4. The van der Waals surface area contributed by atoms with Crippen molar-refractivity contribution in [1.82, 2.24) is 20.2 Å². The van der Waals surface area contributed by atoms with Gasteiger partial charge in [-0.1, -0.05) is 0 Å². The van der Waals surface area contributed by atoms with E-state index >= 15 is 0 Å². The Kier molecular flexibility index (Phi) is 3.51. The summed E-state index contributed by atoms with van der Waals surface area (Å²) in [5, 5.41) is 12.1. The van der Waals surface area contributed by atoms with Crippen LogP contribution in [0.5, 0.6) is 5.75 Å². The number of anilines is 1. The first-order valence-electron chi connectivity index (χ1n) is 6.59. The minimum atomic E-state index is 0.250. The quantitative estimate of drug-likeness (QED) is 0.849. The molecule has 1 aromatic carbocycles. The van der Waals surface area contributed by atoms with Crippen molar-refractivity contribution in [2.75, 3.05) is 26.1 Å². The fraction of sp³-hybridized carbons (Fsp3) is 0.462. The van der Waals surface area contributed by atoms with E-state index < -0.39 is 0 Å². The first kappa shape index (κ1) is 12.9. The number of hydrogen-bond donors (Lipinski definition) is 1. The molecule has 1 aliphatic rings. The summed E-state index contributed by atoms with van der Waals surface area (Å²) >= 11 is 0. The van der Waals surface area contributed by atoms with E-state index in [1.807, 2.05) is 16.8 Å². The molecular weight excluding hydrogens is 258 g/mol. The third-order valence-electron chi connectivity index (χ3n) is 3.49. The molecule has 3 rings (SSSR count). The summed E-state index contributed by atoms with van der Waals surface area (Å²) in [6.45, 7) is 1.47. The third-order valence-corrected chi connectivity index (χ3v) is 3.49. The number of nitrogens with two attached hydrogens (primary N) is 1. The number of tetrazole rings is 1. The highest BCUT2D eigenvalue weighted by molar-refractivity contribution is 5.68. The van der Waals surface area contributed by atoms with Crippen LogP contribution in [0.4, 0.5) is 5.69 Å². The van der Waals surface area contributed by atoms with E-state index in [4.69, 9.17) is 15.2 Å². The van der Waals surface area contributed by atoms with Crippen LogP contribution in [0.3, 0.4) is 0 Å². The second-order valence-corrected chi connectivity index (χ2v) is 4.75. The maximum absolute atomic E-state index is 5.86. The van der Waals surface area contributed by atoms with Crippen molar-refractivity contribution in [2.45, 2.75) is 18.9 Å².